The Morgan fingerprint density at radius 3 is 2.62 bits per heavy atom. The maximum absolute atomic E-state index is 4.68. The fourth-order valence-corrected chi connectivity index (χ4v) is 3.39. The smallest absolute Gasteiger partial charge is 0.0766 e. The van der Waals surface area contributed by atoms with E-state index in [1.165, 1.54) is 11.4 Å². The molecular weight excluding hydrogens is 330 g/mol. The first kappa shape index (κ1) is 16.2. The van der Waals surface area contributed by atoms with Gasteiger partial charge in [-0.25, -0.2) is 0 Å². The SMILES string of the molecule is CCNC(Cc1c(Br)c(CC)nn1CC)c1ccnn1C. The van der Waals surface area contributed by atoms with Crippen LogP contribution in [0.25, 0.3) is 0 Å². The predicted octanol–water partition coefficient (Wildman–Crippen LogP) is 2.85. The monoisotopic (exact) mass is 353 g/mol. The average molecular weight is 354 g/mol. The lowest BCUT2D eigenvalue weighted by Crippen LogP contribution is -2.26. The minimum absolute atomic E-state index is 0.241. The third-order valence-corrected chi connectivity index (χ3v) is 4.67. The third-order valence-electron chi connectivity index (χ3n) is 3.76. The number of aryl methyl sites for hydroxylation is 3. The molecule has 0 aliphatic rings. The Balaban J connectivity index is 2.33. The molecule has 5 nitrogen and oxygen atoms in total. The van der Waals surface area contributed by atoms with Crippen LogP contribution in [0.3, 0.4) is 0 Å². The highest BCUT2D eigenvalue weighted by molar-refractivity contribution is 9.10. The van der Waals surface area contributed by atoms with Crippen LogP contribution in [0.5, 0.6) is 0 Å². The Kier molecular flexibility index (Phi) is 5.58. The van der Waals surface area contributed by atoms with Gasteiger partial charge in [-0.2, -0.15) is 10.2 Å². The van der Waals surface area contributed by atoms with Crippen LogP contribution >= 0.6 is 15.9 Å². The van der Waals surface area contributed by atoms with Gasteiger partial charge in [0.2, 0.25) is 0 Å². The number of halogens is 1. The number of aromatic nitrogens is 4. The number of likely N-dealkylation sites (N-methyl/N-ethyl adjacent to an activating group) is 1. The van der Waals surface area contributed by atoms with Gasteiger partial charge in [0.15, 0.2) is 0 Å². The lowest BCUT2D eigenvalue weighted by atomic mass is 10.1. The molecule has 0 saturated carbocycles. The van der Waals surface area contributed by atoms with Crippen molar-refractivity contribution in [2.24, 2.45) is 7.05 Å². The van der Waals surface area contributed by atoms with Crippen LogP contribution in [0.1, 0.15) is 43.9 Å². The van der Waals surface area contributed by atoms with Crippen molar-refractivity contribution < 1.29 is 0 Å². The number of nitrogens with zero attached hydrogens (tertiary/aromatic N) is 4. The normalized spacial score (nSPS) is 12.8. The van der Waals surface area contributed by atoms with Gasteiger partial charge in [0.05, 0.1) is 27.6 Å². The highest BCUT2D eigenvalue weighted by Gasteiger charge is 2.21. The summed E-state index contributed by atoms with van der Waals surface area (Å²) in [6.07, 6.45) is 3.69. The van der Waals surface area contributed by atoms with E-state index in [1.807, 2.05) is 17.9 Å². The lowest BCUT2D eigenvalue weighted by Gasteiger charge is -2.19. The zero-order chi connectivity index (χ0) is 15.4. The van der Waals surface area contributed by atoms with Crippen LogP contribution in [-0.4, -0.2) is 26.1 Å². The molecule has 0 amide bonds. The number of hydrogen-bond acceptors (Lipinski definition) is 3. The maximum Gasteiger partial charge on any atom is 0.0766 e. The van der Waals surface area contributed by atoms with E-state index in [1.54, 1.807) is 0 Å². The van der Waals surface area contributed by atoms with E-state index < -0.39 is 0 Å². The second-order valence-electron chi connectivity index (χ2n) is 5.07. The van der Waals surface area contributed by atoms with E-state index in [-0.39, 0.29) is 6.04 Å². The first-order valence-corrected chi connectivity index (χ1v) is 8.36. The van der Waals surface area contributed by atoms with E-state index in [9.17, 15) is 0 Å². The lowest BCUT2D eigenvalue weighted by molar-refractivity contribution is 0.485. The molecule has 21 heavy (non-hydrogen) atoms. The Bertz CT molecular complexity index is 587. The summed E-state index contributed by atoms with van der Waals surface area (Å²) in [5.74, 6) is 0. The van der Waals surface area contributed by atoms with E-state index in [2.05, 4.69) is 63.0 Å². The van der Waals surface area contributed by atoms with Crippen LogP contribution in [0.15, 0.2) is 16.7 Å². The molecular formula is C15H24BrN5. The van der Waals surface area contributed by atoms with Crippen molar-refractivity contribution in [2.75, 3.05) is 6.54 Å². The van der Waals surface area contributed by atoms with Crippen molar-refractivity contribution >= 4 is 15.9 Å². The molecule has 2 heterocycles. The highest BCUT2D eigenvalue weighted by Crippen LogP contribution is 2.27. The van der Waals surface area contributed by atoms with Gasteiger partial charge in [0.1, 0.15) is 0 Å². The summed E-state index contributed by atoms with van der Waals surface area (Å²) in [5, 5.41) is 12.5. The Hall–Kier alpha value is -1.14. The largest absolute Gasteiger partial charge is 0.309 e. The molecule has 2 aromatic heterocycles. The minimum Gasteiger partial charge on any atom is -0.309 e. The van der Waals surface area contributed by atoms with Crippen molar-refractivity contribution in [2.45, 2.75) is 46.2 Å². The molecule has 0 fully saturated rings. The molecule has 1 N–H and O–H groups in total. The fraction of sp³-hybridized carbons (Fsp3) is 0.600. The van der Waals surface area contributed by atoms with Crippen LogP contribution in [0, 0.1) is 0 Å². The summed E-state index contributed by atoms with van der Waals surface area (Å²) in [6, 6.07) is 2.32. The van der Waals surface area contributed by atoms with Crippen molar-refractivity contribution in [1.82, 2.24) is 24.9 Å². The van der Waals surface area contributed by atoms with E-state index >= 15 is 0 Å². The van der Waals surface area contributed by atoms with Gasteiger partial charge in [-0.1, -0.05) is 13.8 Å². The zero-order valence-electron chi connectivity index (χ0n) is 13.2. The number of nitrogens with one attached hydrogen (secondary N) is 1. The summed E-state index contributed by atoms with van der Waals surface area (Å²) < 4.78 is 5.19. The summed E-state index contributed by atoms with van der Waals surface area (Å²) in [7, 11) is 1.99. The summed E-state index contributed by atoms with van der Waals surface area (Å²) in [5.41, 5.74) is 3.58. The van der Waals surface area contributed by atoms with Crippen LogP contribution in [0.4, 0.5) is 0 Å². The van der Waals surface area contributed by atoms with Gasteiger partial charge >= 0.3 is 0 Å². The Morgan fingerprint density at radius 2 is 2.10 bits per heavy atom. The molecule has 2 rings (SSSR count). The van der Waals surface area contributed by atoms with E-state index in [4.69, 9.17) is 0 Å². The summed E-state index contributed by atoms with van der Waals surface area (Å²) >= 11 is 3.73. The standard InChI is InChI=1S/C15H24BrN5/c1-5-11-15(16)14(21(7-3)19-11)10-12(17-6-2)13-8-9-18-20(13)4/h8-9,12,17H,5-7,10H2,1-4H3. The first-order valence-electron chi connectivity index (χ1n) is 7.57. The molecule has 0 aliphatic heterocycles. The van der Waals surface area contributed by atoms with E-state index in [0.717, 1.165) is 36.1 Å². The molecule has 0 spiro atoms. The molecule has 116 valence electrons. The van der Waals surface area contributed by atoms with Crippen LogP contribution < -0.4 is 5.32 Å². The molecule has 0 aliphatic carbocycles. The van der Waals surface area contributed by atoms with Gasteiger partial charge < -0.3 is 5.32 Å². The van der Waals surface area contributed by atoms with Gasteiger partial charge in [0.25, 0.3) is 0 Å². The molecule has 0 bridgehead atoms. The Morgan fingerprint density at radius 1 is 1.33 bits per heavy atom. The first-order chi connectivity index (χ1) is 10.1. The maximum atomic E-state index is 4.68. The number of rotatable bonds is 7. The number of hydrogen-bond donors (Lipinski definition) is 1. The van der Waals surface area contributed by atoms with Crippen LogP contribution in [-0.2, 0) is 26.4 Å². The van der Waals surface area contributed by atoms with Gasteiger partial charge in [-0.3, -0.25) is 9.36 Å². The second-order valence-corrected chi connectivity index (χ2v) is 5.86. The molecule has 6 heteroatoms. The topological polar surface area (TPSA) is 47.7 Å². The summed E-state index contributed by atoms with van der Waals surface area (Å²) in [4.78, 5) is 0. The molecule has 0 radical (unpaired) electrons. The van der Waals surface area contributed by atoms with Gasteiger partial charge in [0, 0.05) is 26.2 Å². The Labute approximate surface area is 134 Å². The van der Waals surface area contributed by atoms with Crippen molar-refractivity contribution in [1.29, 1.82) is 0 Å². The molecule has 2 aromatic rings. The van der Waals surface area contributed by atoms with E-state index in [0.29, 0.717) is 0 Å². The average Bonchev–Trinajstić information content (AvgIpc) is 3.03. The molecule has 1 unspecified atom stereocenters. The quantitative estimate of drug-likeness (QED) is 0.832. The van der Waals surface area contributed by atoms with Crippen molar-refractivity contribution in [3.05, 3.63) is 33.8 Å². The fourth-order valence-electron chi connectivity index (χ4n) is 2.66. The van der Waals surface area contributed by atoms with Gasteiger partial charge in [-0.05, 0) is 41.9 Å². The predicted molar refractivity (Wildman–Crippen MR) is 88.3 cm³/mol. The van der Waals surface area contributed by atoms with Gasteiger partial charge in [-0.15, -0.1) is 0 Å². The molecule has 0 saturated heterocycles. The second kappa shape index (κ2) is 7.22. The summed E-state index contributed by atoms with van der Waals surface area (Å²) in [6.45, 7) is 8.22. The third kappa shape index (κ3) is 3.37. The van der Waals surface area contributed by atoms with Crippen molar-refractivity contribution in [3.8, 4) is 0 Å². The minimum atomic E-state index is 0.241. The zero-order valence-corrected chi connectivity index (χ0v) is 14.8. The van der Waals surface area contributed by atoms with Crippen molar-refractivity contribution in [3.63, 3.8) is 0 Å². The van der Waals surface area contributed by atoms with Crippen LogP contribution in [0.2, 0.25) is 0 Å². The molecule has 0 aromatic carbocycles. The molecule has 1 atom stereocenters. The highest BCUT2D eigenvalue weighted by atomic mass is 79.9.